The van der Waals surface area contributed by atoms with Crippen LogP contribution in [-0.2, 0) is 4.74 Å². The molecule has 0 aromatic heterocycles. The third kappa shape index (κ3) is 0.932. The van der Waals surface area contributed by atoms with Gasteiger partial charge < -0.3 is 4.74 Å². The van der Waals surface area contributed by atoms with Crippen LogP contribution < -0.4 is 4.99 Å². The van der Waals surface area contributed by atoms with E-state index in [-0.39, 0.29) is 0 Å². The number of methoxy groups -OCH3 is 1. The van der Waals surface area contributed by atoms with Crippen LogP contribution in [0.1, 0.15) is 0 Å². The molecule has 0 aromatic rings. The second-order valence-electron chi connectivity index (χ2n) is 1.24. The maximum absolute atomic E-state index is 4.69. The largest absolute Gasteiger partial charge is 0.540 e. The summed E-state index contributed by atoms with van der Waals surface area (Å²) in [5.41, 5.74) is 0. The molecule has 3 heteroatoms. The summed E-state index contributed by atoms with van der Waals surface area (Å²) in [4.78, 5) is 7.53. The molecule has 0 aromatic carbocycles. The highest BCUT2D eigenvalue weighted by molar-refractivity contribution is 5.87. The van der Waals surface area contributed by atoms with E-state index in [1.807, 2.05) is 0 Å². The fourth-order valence-electron chi connectivity index (χ4n) is 0.391. The van der Waals surface area contributed by atoms with Gasteiger partial charge >= 0.3 is 6.02 Å². The Kier molecular flexibility index (Phi) is 1.42. The van der Waals surface area contributed by atoms with Crippen molar-refractivity contribution in [2.24, 2.45) is 4.99 Å². The predicted octanol–water partition coefficient (Wildman–Crippen LogP) is -0.0773. The van der Waals surface area contributed by atoms with Crippen LogP contribution in [0.15, 0.2) is 17.3 Å². The molecule has 0 amide bonds. The Morgan fingerprint density at radius 3 is 3.00 bits per heavy atom. The minimum Gasteiger partial charge on any atom is -0.429 e. The van der Waals surface area contributed by atoms with E-state index in [4.69, 9.17) is 4.74 Å². The van der Waals surface area contributed by atoms with E-state index in [1.165, 1.54) is 7.11 Å². The number of allylic oxidation sites excluding steroid dienone is 1. The van der Waals surface area contributed by atoms with Gasteiger partial charge in [0.15, 0.2) is 0 Å². The first-order valence-corrected chi connectivity index (χ1v) is 2.24. The fraction of sp³-hybridized carbons (Fsp3) is 0.200. The molecule has 0 fully saturated rings. The van der Waals surface area contributed by atoms with E-state index in [9.17, 15) is 0 Å². The number of hydrogen-bond acceptors (Lipinski definition) is 3. The quantitative estimate of drug-likeness (QED) is 0.429. The molecule has 0 aliphatic carbocycles. The molecule has 1 aliphatic rings. The lowest BCUT2D eigenvalue weighted by atomic mass is 10.6. The monoisotopic (exact) mass is 110 g/mol. The van der Waals surface area contributed by atoms with Crippen molar-refractivity contribution < 1.29 is 4.74 Å². The van der Waals surface area contributed by atoms with Crippen molar-refractivity contribution in [3.05, 3.63) is 12.3 Å². The number of nitrogens with zero attached hydrogens (tertiary/aromatic N) is 2. The van der Waals surface area contributed by atoms with Crippen LogP contribution in [-0.4, -0.2) is 19.3 Å². The Balaban J connectivity index is 2.68. The molecule has 0 saturated heterocycles. The molecule has 0 atom stereocenters. The lowest BCUT2D eigenvalue weighted by Gasteiger charge is -1.82. The summed E-state index contributed by atoms with van der Waals surface area (Å²) >= 11 is 0. The molecule has 0 spiro atoms. The van der Waals surface area contributed by atoms with E-state index in [0.29, 0.717) is 6.02 Å². The molecule has 3 nitrogen and oxygen atoms in total. The molecular weight excluding hydrogens is 104 g/mol. The highest BCUT2D eigenvalue weighted by Crippen LogP contribution is 1.80. The summed E-state index contributed by atoms with van der Waals surface area (Å²) in [6.07, 6.45) is 5.00. The maximum atomic E-state index is 4.69. The number of amidine groups is 1. The highest BCUT2D eigenvalue weighted by atomic mass is 16.5. The number of aliphatic imine (C=N–C) groups is 2. The molecule has 0 N–H and O–H groups in total. The van der Waals surface area contributed by atoms with Crippen LogP contribution in [0, 0.1) is 0 Å². The average molecular weight is 110 g/mol. The topological polar surface area (TPSA) is 35.7 Å². The zero-order chi connectivity index (χ0) is 5.82. The maximum Gasteiger partial charge on any atom is 0.540 e. The Morgan fingerprint density at radius 1 is 1.75 bits per heavy atom. The first-order chi connectivity index (χ1) is 3.93. The van der Waals surface area contributed by atoms with Crippen LogP contribution >= 0.6 is 0 Å². The van der Waals surface area contributed by atoms with E-state index in [0.717, 1.165) is 0 Å². The van der Waals surface area contributed by atoms with Crippen molar-refractivity contribution in [1.82, 2.24) is 4.99 Å². The Bertz CT molecular complexity index is 158. The number of ether oxygens (including phenoxy) is 1. The highest BCUT2D eigenvalue weighted by Gasteiger charge is 2.06. The van der Waals surface area contributed by atoms with E-state index in [1.54, 1.807) is 18.5 Å². The first-order valence-electron chi connectivity index (χ1n) is 2.24. The third-order valence-electron chi connectivity index (χ3n) is 0.725. The summed E-state index contributed by atoms with van der Waals surface area (Å²) in [6.45, 7) is 0. The van der Waals surface area contributed by atoms with Crippen molar-refractivity contribution in [1.29, 1.82) is 0 Å². The van der Waals surface area contributed by atoms with Crippen LogP contribution in [0.25, 0.3) is 0 Å². The zero-order valence-electron chi connectivity index (χ0n) is 4.53. The summed E-state index contributed by atoms with van der Waals surface area (Å²) in [7, 11) is 1.54. The van der Waals surface area contributed by atoms with Gasteiger partial charge in [0, 0.05) is 6.08 Å². The Hall–Kier alpha value is -1.12. The van der Waals surface area contributed by atoms with Crippen LogP contribution in [0.4, 0.5) is 0 Å². The van der Waals surface area contributed by atoms with Gasteiger partial charge in [0.2, 0.25) is 0 Å². The minimum absolute atomic E-state index is 0.410. The zero-order valence-corrected chi connectivity index (χ0v) is 4.53. The Labute approximate surface area is 47.4 Å². The van der Waals surface area contributed by atoms with Gasteiger partial charge in [0.05, 0.1) is 7.11 Å². The van der Waals surface area contributed by atoms with Crippen LogP contribution in [0.2, 0.25) is 0 Å². The van der Waals surface area contributed by atoms with Gasteiger partial charge in [0.1, 0.15) is 12.4 Å². The van der Waals surface area contributed by atoms with Crippen LogP contribution in [0.5, 0.6) is 0 Å². The molecule has 41 valence electrons. The number of rotatable bonds is 0. The van der Waals surface area contributed by atoms with Gasteiger partial charge in [-0.2, -0.15) is 0 Å². The Morgan fingerprint density at radius 2 is 2.62 bits per heavy atom. The van der Waals surface area contributed by atoms with Gasteiger partial charge in [0.25, 0.3) is 0 Å². The van der Waals surface area contributed by atoms with Crippen molar-refractivity contribution in [2.75, 3.05) is 7.11 Å². The van der Waals surface area contributed by atoms with Gasteiger partial charge in [-0.25, -0.2) is 0 Å². The molecule has 1 aliphatic heterocycles. The molecule has 0 bridgehead atoms. The SMILES string of the molecule is COC1=NC=CC=[N+]1. The standard InChI is InChI=1S/C5H6N2O/c1-8-5-6-3-2-4-7-5/h2-4H,1H3/q+1. The smallest absolute Gasteiger partial charge is 0.429 e. The predicted molar refractivity (Wildman–Crippen MR) is 31.8 cm³/mol. The van der Waals surface area contributed by atoms with E-state index < -0.39 is 0 Å². The summed E-state index contributed by atoms with van der Waals surface area (Å²) in [5, 5.41) is 0. The second-order valence-corrected chi connectivity index (χ2v) is 1.24. The third-order valence-corrected chi connectivity index (χ3v) is 0.725. The van der Waals surface area contributed by atoms with Gasteiger partial charge in [-0.15, -0.1) is 0 Å². The average Bonchev–Trinajstić information content (AvgIpc) is 1.90. The van der Waals surface area contributed by atoms with Crippen molar-refractivity contribution >= 4 is 12.2 Å². The molecule has 8 heavy (non-hydrogen) atoms. The lowest BCUT2D eigenvalue weighted by molar-refractivity contribution is 0.392. The van der Waals surface area contributed by atoms with E-state index in [2.05, 4.69) is 9.98 Å². The molecule has 1 rings (SSSR count). The second kappa shape index (κ2) is 2.26. The van der Waals surface area contributed by atoms with Crippen LogP contribution in [0.3, 0.4) is 0 Å². The van der Waals surface area contributed by atoms with Crippen molar-refractivity contribution in [2.45, 2.75) is 0 Å². The van der Waals surface area contributed by atoms with Gasteiger partial charge in [-0.3, -0.25) is 0 Å². The minimum atomic E-state index is 0.410. The lowest BCUT2D eigenvalue weighted by Crippen LogP contribution is -2.09. The summed E-state index contributed by atoms with van der Waals surface area (Å²) in [6, 6.07) is 0.410. The number of hydrogen-bond donors (Lipinski definition) is 0. The molecule has 0 unspecified atom stereocenters. The summed E-state index contributed by atoms with van der Waals surface area (Å²) in [5.74, 6) is 0. The molecular formula is C5H6N2O+. The fourth-order valence-corrected chi connectivity index (χ4v) is 0.391. The molecule has 1 heterocycles. The molecule has 0 saturated carbocycles. The van der Waals surface area contributed by atoms with Crippen molar-refractivity contribution in [3.8, 4) is 0 Å². The van der Waals surface area contributed by atoms with Gasteiger partial charge in [-0.05, 0) is 9.98 Å². The summed E-state index contributed by atoms with van der Waals surface area (Å²) < 4.78 is 4.69. The normalized spacial score (nSPS) is 15.9. The van der Waals surface area contributed by atoms with Gasteiger partial charge in [-0.1, -0.05) is 0 Å². The van der Waals surface area contributed by atoms with Crippen molar-refractivity contribution in [3.63, 3.8) is 0 Å². The van der Waals surface area contributed by atoms with E-state index >= 15 is 0 Å². The first kappa shape index (κ1) is 5.03. The molecule has 1 radical (unpaired) electrons.